The predicted molar refractivity (Wildman–Crippen MR) is 66.2 cm³/mol. The quantitative estimate of drug-likeness (QED) is 0.870. The van der Waals surface area contributed by atoms with Gasteiger partial charge in [0, 0.05) is 22.1 Å². The van der Waals surface area contributed by atoms with Crippen molar-refractivity contribution < 1.29 is 17.7 Å². The van der Waals surface area contributed by atoms with Crippen LogP contribution >= 0.6 is 15.9 Å². The molecule has 0 unspecified atom stereocenters. The molecule has 0 saturated heterocycles. The SMILES string of the molecule is Nc1ccc(-c2nc(CCC(F)(F)F)no2)cc1Br. The Bertz CT molecular complexity index is 583. The van der Waals surface area contributed by atoms with Crippen LogP contribution in [0.4, 0.5) is 18.9 Å². The van der Waals surface area contributed by atoms with Gasteiger partial charge in [0.25, 0.3) is 5.89 Å². The van der Waals surface area contributed by atoms with Crippen LogP contribution in [-0.2, 0) is 6.42 Å². The van der Waals surface area contributed by atoms with Crippen LogP contribution in [0.1, 0.15) is 12.2 Å². The van der Waals surface area contributed by atoms with Crippen LogP contribution in [0.25, 0.3) is 11.5 Å². The molecule has 8 heteroatoms. The number of halogens is 4. The van der Waals surface area contributed by atoms with Gasteiger partial charge in [-0.05, 0) is 34.1 Å². The number of hydrogen-bond donors (Lipinski definition) is 1. The zero-order valence-electron chi connectivity index (χ0n) is 9.54. The first-order chi connectivity index (χ1) is 8.85. The number of aryl methyl sites for hydroxylation is 1. The van der Waals surface area contributed by atoms with E-state index in [0.717, 1.165) is 0 Å². The molecule has 4 nitrogen and oxygen atoms in total. The lowest BCUT2D eigenvalue weighted by molar-refractivity contribution is -0.134. The van der Waals surface area contributed by atoms with Crippen LogP contribution in [0.3, 0.4) is 0 Å². The topological polar surface area (TPSA) is 64.9 Å². The van der Waals surface area contributed by atoms with E-state index in [-0.39, 0.29) is 18.1 Å². The summed E-state index contributed by atoms with van der Waals surface area (Å²) in [6.07, 6.45) is -5.51. The van der Waals surface area contributed by atoms with Gasteiger partial charge in [-0.15, -0.1) is 0 Å². The zero-order valence-corrected chi connectivity index (χ0v) is 11.1. The molecule has 2 aromatic rings. The molecule has 0 amide bonds. The second-order valence-corrected chi connectivity index (χ2v) is 4.72. The molecule has 0 spiro atoms. The van der Waals surface area contributed by atoms with E-state index in [0.29, 0.717) is 15.7 Å². The fraction of sp³-hybridized carbons (Fsp3) is 0.273. The average molecular weight is 336 g/mol. The summed E-state index contributed by atoms with van der Waals surface area (Å²) in [7, 11) is 0. The summed E-state index contributed by atoms with van der Waals surface area (Å²) in [5.41, 5.74) is 6.76. The lowest BCUT2D eigenvalue weighted by atomic mass is 10.2. The number of nitrogens with two attached hydrogens (primary N) is 1. The Morgan fingerprint density at radius 1 is 1.32 bits per heavy atom. The highest BCUT2D eigenvalue weighted by Gasteiger charge is 2.27. The first-order valence-corrected chi connectivity index (χ1v) is 6.09. The Morgan fingerprint density at radius 2 is 2.05 bits per heavy atom. The standard InChI is InChI=1S/C11H9BrF3N3O/c12-7-5-6(1-2-8(7)16)10-17-9(18-19-10)3-4-11(13,14)15/h1-2,5H,3-4,16H2. The molecule has 0 fully saturated rings. The van der Waals surface area contributed by atoms with E-state index in [9.17, 15) is 13.2 Å². The van der Waals surface area contributed by atoms with Crippen LogP contribution in [0.15, 0.2) is 27.2 Å². The summed E-state index contributed by atoms with van der Waals surface area (Å²) in [5.74, 6) is 0.193. The molecule has 0 aliphatic carbocycles. The van der Waals surface area contributed by atoms with E-state index >= 15 is 0 Å². The molecule has 1 aromatic heterocycles. The Morgan fingerprint density at radius 3 is 2.68 bits per heavy atom. The van der Waals surface area contributed by atoms with E-state index in [1.807, 2.05) is 0 Å². The van der Waals surface area contributed by atoms with Gasteiger partial charge in [-0.3, -0.25) is 0 Å². The molecule has 0 aliphatic rings. The molecule has 19 heavy (non-hydrogen) atoms. The van der Waals surface area contributed by atoms with Gasteiger partial charge in [-0.25, -0.2) is 0 Å². The second kappa shape index (κ2) is 5.20. The van der Waals surface area contributed by atoms with Crippen molar-refractivity contribution in [3.8, 4) is 11.5 Å². The number of benzene rings is 1. The van der Waals surface area contributed by atoms with Crippen LogP contribution in [0.5, 0.6) is 0 Å². The van der Waals surface area contributed by atoms with E-state index in [4.69, 9.17) is 10.3 Å². The van der Waals surface area contributed by atoms with Gasteiger partial charge < -0.3 is 10.3 Å². The number of rotatable bonds is 3. The minimum absolute atomic E-state index is 0.0280. The molecule has 1 heterocycles. The first-order valence-electron chi connectivity index (χ1n) is 5.30. The molecule has 0 bridgehead atoms. The van der Waals surface area contributed by atoms with Crippen LogP contribution < -0.4 is 5.73 Å². The highest BCUT2D eigenvalue weighted by molar-refractivity contribution is 9.10. The second-order valence-electron chi connectivity index (χ2n) is 3.87. The van der Waals surface area contributed by atoms with E-state index in [1.165, 1.54) is 0 Å². The third-order valence-electron chi connectivity index (χ3n) is 2.35. The van der Waals surface area contributed by atoms with Gasteiger partial charge in [0.2, 0.25) is 0 Å². The van der Waals surface area contributed by atoms with Gasteiger partial charge in [-0.2, -0.15) is 18.2 Å². The van der Waals surface area contributed by atoms with Crippen molar-refractivity contribution in [2.45, 2.75) is 19.0 Å². The van der Waals surface area contributed by atoms with Crippen molar-refractivity contribution in [1.82, 2.24) is 10.1 Å². The maximum Gasteiger partial charge on any atom is 0.389 e. The smallest absolute Gasteiger partial charge is 0.389 e. The van der Waals surface area contributed by atoms with Crippen molar-refractivity contribution in [3.63, 3.8) is 0 Å². The maximum atomic E-state index is 12.1. The first kappa shape index (κ1) is 13.9. The number of anilines is 1. The van der Waals surface area contributed by atoms with Crippen LogP contribution in [-0.4, -0.2) is 16.3 Å². The van der Waals surface area contributed by atoms with Crippen molar-refractivity contribution in [2.24, 2.45) is 0 Å². The highest BCUT2D eigenvalue weighted by Crippen LogP contribution is 2.27. The monoisotopic (exact) mass is 335 g/mol. The summed E-state index contributed by atoms with van der Waals surface area (Å²) in [5, 5.41) is 3.52. The molecule has 102 valence electrons. The third kappa shape index (κ3) is 3.69. The Labute approximate surface area is 114 Å². The summed E-state index contributed by atoms with van der Waals surface area (Å²) in [6.45, 7) is 0. The molecule has 0 saturated carbocycles. The molecule has 0 atom stereocenters. The van der Waals surface area contributed by atoms with Crippen molar-refractivity contribution >= 4 is 21.6 Å². The molecular formula is C11H9BrF3N3O. The molecule has 2 N–H and O–H groups in total. The van der Waals surface area contributed by atoms with Crippen LogP contribution in [0.2, 0.25) is 0 Å². The Kier molecular flexibility index (Phi) is 3.79. The Balaban J connectivity index is 2.14. The van der Waals surface area contributed by atoms with Gasteiger partial charge in [0.15, 0.2) is 5.82 Å². The largest absolute Gasteiger partial charge is 0.398 e. The van der Waals surface area contributed by atoms with E-state index in [1.54, 1.807) is 18.2 Å². The van der Waals surface area contributed by atoms with Gasteiger partial charge >= 0.3 is 6.18 Å². The minimum Gasteiger partial charge on any atom is -0.398 e. The van der Waals surface area contributed by atoms with Crippen molar-refractivity contribution in [2.75, 3.05) is 5.73 Å². The number of aromatic nitrogens is 2. The fourth-order valence-electron chi connectivity index (χ4n) is 1.39. The summed E-state index contributed by atoms with van der Waals surface area (Å²) in [6, 6.07) is 4.95. The Hall–Kier alpha value is -1.57. The predicted octanol–water partition coefficient (Wildman–Crippen LogP) is 3.58. The maximum absolute atomic E-state index is 12.1. The minimum atomic E-state index is -4.23. The molecule has 1 aromatic carbocycles. The van der Waals surface area contributed by atoms with Crippen LogP contribution in [0, 0.1) is 0 Å². The average Bonchev–Trinajstić information content (AvgIpc) is 2.78. The molecular weight excluding hydrogens is 327 g/mol. The number of hydrogen-bond acceptors (Lipinski definition) is 4. The zero-order chi connectivity index (χ0) is 14.0. The van der Waals surface area contributed by atoms with E-state index in [2.05, 4.69) is 26.1 Å². The number of nitrogens with zero attached hydrogens (tertiary/aromatic N) is 2. The number of nitrogen functional groups attached to an aromatic ring is 1. The summed E-state index contributed by atoms with van der Waals surface area (Å²) < 4.78 is 41.8. The summed E-state index contributed by atoms with van der Waals surface area (Å²) in [4.78, 5) is 3.91. The molecule has 0 aliphatic heterocycles. The lowest BCUT2D eigenvalue weighted by Crippen LogP contribution is -2.09. The molecule has 0 radical (unpaired) electrons. The fourth-order valence-corrected chi connectivity index (χ4v) is 1.77. The number of alkyl halides is 3. The van der Waals surface area contributed by atoms with Gasteiger partial charge in [-0.1, -0.05) is 5.16 Å². The van der Waals surface area contributed by atoms with Crippen molar-refractivity contribution in [1.29, 1.82) is 0 Å². The third-order valence-corrected chi connectivity index (χ3v) is 3.03. The highest BCUT2D eigenvalue weighted by atomic mass is 79.9. The summed E-state index contributed by atoms with van der Waals surface area (Å²) >= 11 is 3.24. The molecule has 2 rings (SSSR count). The van der Waals surface area contributed by atoms with E-state index < -0.39 is 12.6 Å². The van der Waals surface area contributed by atoms with Gasteiger partial charge in [0.05, 0.1) is 6.42 Å². The van der Waals surface area contributed by atoms with Crippen molar-refractivity contribution in [3.05, 3.63) is 28.5 Å². The van der Waals surface area contributed by atoms with Gasteiger partial charge in [0.1, 0.15) is 0 Å². The lowest BCUT2D eigenvalue weighted by Gasteiger charge is -2.02. The normalized spacial score (nSPS) is 11.8.